The third-order valence-electron chi connectivity index (χ3n) is 3.10. The maximum absolute atomic E-state index is 13.2. The lowest BCUT2D eigenvalue weighted by Gasteiger charge is -2.18. The molecule has 0 amide bonds. The minimum Gasteiger partial charge on any atom is -0.467 e. The van der Waals surface area contributed by atoms with E-state index >= 15 is 0 Å². The van der Waals surface area contributed by atoms with Crippen molar-refractivity contribution in [1.29, 1.82) is 0 Å². The van der Waals surface area contributed by atoms with E-state index in [1.54, 1.807) is 24.3 Å². The van der Waals surface area contributed by atoms with Crippen molar-refractivity contribution in [3.63, 3.8) is 0 Å². The van der Waals surface area contributed by atoms with E-state index < -0.39 is 12.0 Å². The summed E-state index contributed by atoms with van der Waals surface area (Å²) in [6, 6.07) is 10.4. The number of hydrogen-bond acceptors (Lipinski definition) is 3. The van der Waals surface area contributed by atoms with Crippen LogP contribution in [0.5, 0.6) is 0 Å². The summed E-state index contributed by atoms with van der Waals surface area (Å²) in [5, 5.41) is 3.52. The molecule has 1 N–H and O–H groups in total. The zero-order valence-electron chi connectivity index (χ0n) is 11.7. The Morgan fingerprint density at radius 3 is 2.67 bits per heavy atom. The van der Waals surface area contributed by atoms with Gasteiger partial charge in [-0.05, 0) is 42.3 Å². The third kappa shape index (κ3) is 3.73. The standard InChI is InChI=1S/C16H15ClFNO2/c1-10-6-7-11(8-14(10)17)15(16(20)21-2)19-13-5-3-4-12(18)9-13/h3-9,15,19H,1-2H3. The first-order valence-electron chi connectivity index (χ1n) is 6.37. The highest BCUT2D eigenvalue weighted by Gasteiger charge is 2.22. The summed E-state index contributed by atoms with van der Waals surface area (Å²) in [7, 11) is 1.30. The predicted octanol–water partition coefficient (Wildman–Crippen LogP) is 4.11. The van der Waals surface area contributed by atoms with Crippen molar-refractivity contribution in [2.24, 2.45) is 0 Å². The number of methoxy groups -OCH3 is 1. The quantitative estimate of drug-likeness (QED) is 0.864. The first-order valence-corrected chi connectivity index (χ1v) is 6.75. The van der Waals surface area contributed by atoms with Crippen LogP contribution in [0.15, 0.2) is 42.5 Å². The van der Waals surface area contributed by atoms with E-state index in [4.69, 9.17) is 16.3 Å². The van der Waals surface area contributed by atoms with E-state index in [0.29, 0.717) is 16.3 Å². The molecule has 0 radical (unpaired) electrons. The molecule has 0 saturated carbocycles. The van der Waals surface area contributed by atoms with Gasteiger partial charge in [-0.1, -0.05) is 29.8 Å². The van der Waals surface area contributed by atoms with Gasteiger partial charge in [0.2, 0.25) is 0 Å². The summed E-state index contributed by atoms with van der Waals surface area (Å²) in [5.41, 5.74) is 2.05. The summed E-state index contributed by atoms with van der Waals surface area (Å²) >= 11 is 6.09. The average molecular weight is 308 g/mol. The highest BCUT2D eigenvalue weighted by atomic mass is 35.5. The molecule has 0 aliphatic carbocycles. The van der Waals surface area contributed by atoms with Gasteiger partial charge in [0.05, 0.1) is 7.11 Å². The zero-order chi connectivity index (χ0) is 15.4. The number of hydrogen-bond donors (Lipinski definition) is 1. The van der Waals surface area contributed by atoms with E-state index in [9.17, 15) is 9.18 Å². The highest BCUT2D eigenvalue weighted by Crippen LogP contribution is 2.25. The van der Waals surface area contributed by atoms with Crippen LogP contribution in [-0.4, -0.2) is 13.1 Å². The van der Waals surface area contributed by atoms with Gasteiger partial charge in [-0.2, -0.15) is 0 Å². The number of aryl methyl sites for hydroxylation is 1. The first-order chi connectivity index (χ1) is 10.0. The molecule has 0 aliphatic rings. The summed E-state index contributed by atoms with van der Waals surface area (Å²) in [6.45, 7) is 1.87. The van der Waals surface area contributed by atoms with Gasteiger partial charge in [-0.25, -0.2) is 9.18 Å². The fourth-order valence-electron chi connectivity index (χ4n) is 1.93. The molecule has 0 heterocycles. The largest absolute Gasteiger partial charge is 0.467 e. The Morgan fingerprint density at radius 2 is 2.05 bits per heavy atom. The van der Waals surface area contributed by atoms with Crippen molar-refractivity contribution in [2.45, 2.75) is 13.0 Å². The van der Waals surface area contributed by atoms with Gasteiger partial charge < -0.3 is 10.1 Å². The van der Waals surface area contributed by atoms with Crippen molar-refractivity contribution in [3.05, 3.63) is 64.4 Å². The molecule has 0 spiro atoms. The molecule has 0 fully saturated rings. The Morgan fingerprint density at radius 1 is 1.29 bits per heavy atom. The number of benzene rings is 2. The normalized spacial score (nSPS) is 11.8. The fraction of sp³-hybridized carbons (Fsp3) is 0.188. The molecule has 21 heavy (non-hydrogen) atoms. The van der Waals surface area contributed by atoms with Crippen LogP contribution >= 0.6 is 11.6 Å². The third-order valence-corrected chi connectivity index (χ3v) is 3.51. The minimum absolute atomic E-state index is 0.384. The topological polar surface area (TPSA) is 38.3 Å². The number of rotatable bonds is 4. The Bertz CT molecular complexity index is 660. The van der Waals surface area contributed by atoms with Crippen molar-refractivity contribution in [3.8, 4) is 0 Å². The molecule has 3 nitrogen and oxygen atoms in total. The van der Waals surface area contributed by atoms with Gasteiger partial charge in [-0.3, -0.25) is 0 Å². The predicted molar refractivity (Wildman–Crippen MR) is 81.0 cm³/mol. The lowest BCUT2D eigenvalue weighted by molar-refractivity contribution is -0.141. The summed E-state index contributed by atoms with van der Waals surface area (Å²) in [4.78, 5) is 12.0. The lowest BCUT2D eigenvalue weighted by atomic mass is 10.0. The smallest absolute Gasteiger partial charge is 0.332 e. The lowest BCUT2D eigenvalue weighted by Crippen LogP contribution is -2.22. The minimum atomic E-state index is -0.755. The Hall–Kier alpha value is -2.07. The fourth-order valence-corrected chi connectivity index (χ4v) is 2.12. The van der Waals surface area contributed by atoms with E-state index in [0.717, 1.165) is 5.56 Å². The molecule has 0 bridgehead atoms. The van der Waals surface area contributed by atoms with Gasteiger partial charge in [0.1, 0.15) is 5.82 Å². The molecule has 1 atom stereocenters. The number of carbonyl (C=O) groups excluding carboxylic acids is 1. The van der Waals surface area contributed by atoms with Crippen LogP contribution < -0.4 is 5.32 Å². The average Bonchev–Trinajstić information content (AvgIpc) is 2.47. The highest BCUT2D eigenvalue weighted by molar-refractivity contribution is 6.31. The van der Waals surface area contributed by atoms with Crippen molar-refractivity contribution < 1.29 is 13.9 Å². The van der Waals surface area contributed by atoms with E-state index in [-0.39, 0.29) is 5.82 Å². The number of esters is 1. The number of ether oxygens (including phenoxy) is 1. The van der Waals surface area contributed by atoms with Crippen LogP contribution in [0.25, 0.3) is 0 Å². The van der Waals surface area contributed by atoms with Crippen LogP contribution in [0.4, 0.5) is 10.1 Å². The monoisotopic (exact) mass is 307 g/mol. The van der Waals surface area contributed by atoms with Crippen molar-refractivity contribution >= 4 is 23.3 Å². The van der Waals surface area contributed by atoms with E-state index in [1.165, 1.54) is 19.2 Å². The van der Waals surface area contributed by atoms with Crippen LogP contribution in [0.3, 0.4) is 0 Å². The molecule has 0 aromatic heterocycles. The second-order valence-electron chi connectivity index (χ2n) is 4.62. The van der Waals surface area contributed by atoms with Crippen LogP contribution in [0.1, 0.15) is 17.2 Å². The molecule has 2 rings (SSSR count). The molecule has 1 unspecified atom stereocenters. The van der Waals surface area contributed by atoms with Gasteiger partial charge in [-0.15, -0.1) is 0 Å². The maximum Gasteiger partial charge on any atom is 0.332 e. The molecule has 2 aromatic carbocycles. The van der Waals surface area contributed by atoms with Crippen LogP contribution in [0, 0.1) is 12.7 Å². The number of nitrogens with one attached hydrogen (secondary N) is 1. The summed E-state index contributed by atoms with van der Waals surface area (Å²) in [5.74, 6) is -0.857. The molecule has 5 heteroatoms. The summed E-state index contributed by atoms with van der Waals surface area (Å²) < 4.78 is 18.0. The first kappa shape index (κ1) is 15.3. The van der Waals surface area contributed by atoms with E-state index in [2.05, 4.69) is 5.32 Å². The molecule has 0 saturated heterocycles. The Labute approximate surface area is 127 Å². The van der Waals surface area contributed by atoms with Gasteiger partial charge in [0, 0.05) is 10.7 Å². The van der Waals surface area contributed by atoms with Crippen molar-refractivity contribution in [1.82, 2.24) is 0 Å². The molecule has 2 aromatic rings. The van der Waals surface area contributed by atoms with Crippen LogP contribution in [-0.2, 0) is 9.53 Å². The van der Waals surface area contributed by atoms with Gasteiger partial charge in [0.25, 0.3) is 0 Å². The van der Waals surface area contributed by atoms with Gasteiger partial charge >= 0.3 is 5.97 Å². The zero-order valence-corrected chi connectivity index (χ0v) is 12.4. The number of carbonyl (C=O) groups is 1. The molecule has 110 valence electrons. The van der Waals surface area contributed by atoms with Gasteiger partial charge in [0.15, 0.2) is 6.04 Å². The Balaban J connectivity index is 2.34. The SMILES string of the molecule is COC(=O)C(Nc1cccc(F)c1)c1ccc(C)c(Cl)c1. The Kier molecular flexibility index (Phi) is 4.81. The maximum atomic E-state index is 13.2. The summed E-state index contributed by atoms with van der Waals surface area (Å²) in [6.07, 6.45) is 0. The van der Waals surface area contributed by atoms with Crippen molar-refractivity contribution in [2.75, 3.05) is 12.4 Å². The second-order valence-corrected chi connectivity index (χ2v) is 5.03. The second kappa shape index (κ2) is 6.59. The van der Waals surface area contributed by atoms with Crippen LogP contribution in [0.2, 0.25) is 5.02 Å². The molecular formula is C16H15ClFNO2. The number of halogens is 2. The molecule has 0 aliphatic heterocycles. The molecular weight excluding hydrogens is 293 g/mol. The van der Waals surface area contributed by atoms with E-state index in [1.807, 2.05) is 13.0 Å². The number of anilines is 1.